The Bertz CT molecular complexity index is 2710. The van der Waals surface area contributed by atoms with Crippen LogP contribution in [0.2, 0.25) is 5.82 Å². The van der Waals surface area contributed by atoms with Crippen LogP contribution in [-0.4, -0.2) is 12.9 Å². The number of fused-ring (bicyclic) bond motifs is 8. The molecule has 0 bridgehead atoms. The topological polar surface area (TPSA) is 34.2 Å². The van der Waals surface area contributed by atoms with Crippen LogP contribution in [0.4, 0.5) is 22.7 Å². The van der Waals surface area contributed by atoms with Crippen LogP contribution in [0.25, 0.3) is 27.3 Å². The Morgan fingerprint density at radius 3 is 2.17 bits per heavy atom. The average Bonchev–Trinajstić information content (AvgIpc) is 3.85. The molecule has 5 nitrogen and oxygen atoms in total. The monoisotopic (exact) mass is 670 g/mol. The molecule has 5 aliphatic rings. The van der Waals surface area contributed by atoms with Crippen LogP contribution >= 0.6 is 0 Å². The minimum Gasteiger partial charge on any atom is -0.471 e. The summed E-state index contributed by atoms with van der Waals surface area (Å²) < 4.78 is 21.1. The minimum absolute atomic E-state index is 0.0175. The summed E-state index contributed by atoms with van der Waals surface area (Å²) in [7, 11) is 0. The molecule has 0 saturated heterocycles. The van der Waals surface area contributed by atoms with Gasteiger partial charge in [-0.15, -0.1) is 0 Å². The Labute approximate surface area is 301 Å². The Kier molecular flexibility index (Phi) is 5.75. The van der Waals surface area contributed by atoms with Crippen molar-refractivity contribution in [3.05, 3.63) is 180 Å². The van der Waals surface area contributed by atoms with Crippen molar-refractivity contribution in [2.75, 3.05) is 9.80 Å². The molecule has 0 aliphatic carbocycles. The molecule has 5 heterocycles. The fourth-order valence-electron chi connectivity index (χ4n) is 9.28. The maximum Gasteiger partial charge on any atom is 0.230 e. The number of benzene rings is 7. The van der Waals surface area contributed by atoms with E-state index >= 15 is 0 Å². The lowest BCUT2D eigenvalue weighted by Gasteiger charge is -2.48. The summed E-state index contributed by atoms with van der Waals surface area (Å²) in [5.74, 6) is 3.53. The van der Waals surface area contributed by atoms with E-state index in [1.165, 1.54) is 38.0 Å². The SMILES string of the molecule is C1=C(c2ccc3ccccc3c2)OC2C1B1C3=C(OC(c4ccc5ccccc5c4)C3)N3c4ccccc4Oc4ccc(c1c43)N2c1ccccc1. The lowest BCUT2D eigenvalue weighted by atomic mass is 9.29. The first-order chi connectivity index (χ1) is 25.8. The summed E-state index contributed by atoms with van der Waals surface area (Å²) in [6.07, 6.45) is 2.80. The molecule has 3 unspecified atom stereocenters. The molecule has 7 aromatic rings. The fourth-order valence-corrected chi connectivity index (χ4v) is 9.28. The maximum absolute atomic E-state index is 7.20. The van der Waals surface area contributed by atoms with E-state index in [1.807, 2.05) is 6.07 Å². The summed E-state index contributed by atoms with van der Waals surface area (Å²) in [6, 6.07) is 53.8. The summed E-state index contributed by atoms with van der Waals surface area (Å²) >= 11 is 0. The average molecular weight is 671 g/mol. The van der Waals surface area contributed by atoms with E-state index in [-0.39, 0.29) is 24.9 Å². The summed E-state index contributed by atoms with van der Waals surface area (Å²) in [6.45, 7) is 0.0263. The highest BCUT2D eigenvalue weighted by Gasteiger charge is 2.57. The second-order valence-electron chi connectivity index (χ2n) is 14.4. The zero-order valence-corrected chi connectivity index (χ0v) is 28.1. The van der Waals surface area contributed by atoms with Gasteiger partial charge in [-0.05, 0) is 92.7 Å². The predicted octanol–water partition coefficient (Wildman–Crippen LogP) is 10.8. The molecule has 6 heteroatoms. The summed E-state index contributed by atoms with van der Waals surface area (Å²) in [4.78, 5) is 4.75. The van der Waals surface area contributed by atoms with Gasteiger partial charge in [0.05, 0.1) is 11.4 Å². The number of nitrogens with zero attached hydrogens (tertiary/aromatic N) is 2. The van der Waals surface area contributed by atoms with Crippen molar-refractivity contribution in [1.29, 1.82) is 0 Å². The number of para-hydroxylation sites is 3. The molecular formula is C46H31BN2O3. The number of hydrogen-bond donors (Lipinski definition) is 0. The largest absolute Gasteiger partial charge is 0.471 e. The summed E-state index contributed by atoms with van der Waals surface area (Å²) in [5.41, 5.74) is 9.14. The first-order valence-electron chi connectivity index (χ1n) is 18.1. The minimum atomic E-state index is -0.253. The second-order valence-corrected chi connectivity index (χ2v) is 14.4. The Balaban J connectivity index is 1.07. The van der Waals surface area contributed by atoms with Gasteiger partial charge in [-0.1, -0.05) is 103 Å². The third kappa shape index (κ3) is 3.95. The van der Waals surface area contributed by atoms with Gasteiger partial charge in [0, 0.05) is 29.2 Å². The van der Waals surface area contributed by atoms with Crippen molar-refractivity contribution in [2.45, 2.75) is 24.6 Å². The van der Waals surface area contributed by atoms with Gasteiger partial charge in [0.1, 0.15) is 11.9 Å². The van der Waals surface area contributed by atoms with Gasteiger partial charge >= 0.3 is 0 Å². The maximum atomic E-state index is 7.20. The van der Waals surface area contributed by atoms with Gasteiger partial charge in [0.25, 0.3) is 0 Å². The molecule has 52 heavy (non-hydrogen) atoms. The van der Waals surface area contributed by atoms with E-state index in [9.17, 15) is 0 Å². The Morgan fingerprint density at radius 1 is 0.596 bits per heavy atom. The van der Waals surface area contributed by atoms with Crippen molar-refractivity contribution in [2.24, 2.45) is 0 Å². The predicted molar refractivity (Wildman–Crippen MR) is 209 cm³/mol. The van der Waals surface area contributed by atoms with Gasteiger partial charge in [-0.2, -0.15) is 0 Å². The van der Waals surface area contributed by atoms with E-state index in [2.05, 4.69) is 161 Å². The molecule has 0 amide bonds. The Hall–Kier alpha value is -6.40. The molecule has 0 N–H and O–H groups in total. The molecule has 0 radical (unpaired) electrons. The van der Waals surface area contributed by atoms with Crippen molar-refractivity contribution in [3.8, 4) is 11.5 Å². The van der Waals surface area contributed by atoms with Gasteiger partial charge in [-0.25, -0.2) is 0 Å². The quantitative estimate of drug-likeness (QED) is 0.175. The zero-order chi connectivity index (χ0) is 33.9. The van der Waals surface area contributed by atoms with Crippen LogP contribution in [0.15, 0.2) is 169 Å². The standard InChI is InChI=1S/C46H31BN2O3/c1-2-14-34(15-3-1)48-38-22-23-40-44-43(38)47(35-26-41(51-45(35)48)32-20-18-28-10-4-6-12-30(28)24-32)36-27-42(33-21-19-29-11-5-7-13-31(29)25-33)52-46(36)49(44)37-16-8-9-17-39(37)50-40/h1-26,35,42,45H,27H2. The van der Waals surface area contributed by atoms with Gasteiger partial charge in [0.15, 0.2) is 23.6 Å². The van der Waals surface area contributed by atoms with E-state index in [1.54, 1.807) is 0 Å². The molecular weight excluding hydrogens is 639 g/mol. The van der Waals surface area contributed by atoms with Gasteiger partial charge in [0.2, 0.25) is 6.71 Å². The third-order valence-corrected chi connectivity index (χ3v) is 11.6. The molecule has 7 aromatic carbocycles. The molecule has 0 fully saturated rings. The van der Waals surface area contributed by atoms with Crippen molar-refractivity contribution < 1.29 is 14.2 Å². The highest BCUT2D eigenvalue weighted by molar-refractivity contribution is 6.85. The van der Waals surface area contributed by atoms with Crippen molar-refractivity contribution >= 4 is 62.2 Å². The lowest BCUT2D eigenvalue weighted by Crippen LogP contribution is -2.56. The number of anilines is 4. The Morgan fingerprint density at radius 2 is 1.33 bits per heavy atom. The zero-order valence-electron chi connectivity index (χ0n) is 28.1. The van der Waals surface area contributed by atoms with Gasteiger partial charge in [-0.3, -0.25) is 4.90 Å². The smallest absolute Gasteiger partial charge is 0.230 e. The van der Waals surface area contributed by atoms with Crippen LogP contribution in [0, 0.1) is 0 Å². The lowest BCUT2D eigenvalue weighted by molar-refractivity contribution is 0.142. The van der Waals surface area contributed by atoms with E-state index in [0.717, 1.165) is 57.9 Å². The molecule has 0 aromatic heterocycles. The highest BCUT2D eigenvalue weighted by atomic mass is 16.5. The van der Waals surface area contributed by atoms with Crippen LogP contribution in [0.3, 0.4) is 0 Å². The molecule has 12 rings (SSSR count). The molecule has 246 valence electrons. The van der Waals surface area contributed by atoms with Crippen LogP contribution in [0.1, 0.15) is 23.7 Å². The van der Waals surface area contributed by atoms with Crippen LogP contribution in [-0.2, 0) is 9.47 Å². The van der Waals surface area contributed by atoms with E-state index in [4.69, 9.17) is 14.2 Å². The van der Waals surface area contributed by atoms with Crippen LogP contribution < -0.4 is 20.0 Å². The number of rotatable bonds is 3. The van der Waals surface area contributed by atoms with E-state index < -0.39 is 0 Å². The van der Waals surface area contributed by atoms with Crippen molar-refractivity contribution in [3.63, 3.8) is 0 Å². The van der Waals surface area contributed by atoms with E-state index in [0.29, 0.717) is 0 Å². The molecule has 0 spiro atoms. The molecule has 3 atom stereocenters. The number of hydrogen-bond acceptors (Lipinski definition) is 5. The van der Waals surface area contributed by atoms with Crippen molar-refractivity contribution in [1.82, 2.24) is 0 Å². The highest BCUT2D eigenvalue weighted by Crippen LogP contribution is 2.59. The van der Waals surface area contributed by atoms with Crippen LogP contribution in [0.5, 0.6) is 11.5 Å². The number of ether oxygens (including phenoxy) is 3. The first-order valence-corrected chi connectivity index (χ1v) is 18.1. The third-order valence-electron chi connectivity index (χ3n) is 11.6. The summed E-state index contributed by atoms with van der Waals surface area (Å²) in [5, 5.41) is 4.88. The molecule has 0 saturated carbocycles. The fraction of sp³-hybridized carbons (Fsp3) is 0.0870. The first kappa shape index (κ1) is 28.3. The van der Waals surface area contributed by atoms with Gasteiger partial charge < -0.3 is 19.1 Å². The second kappa shape index (κ2) is 10.6. The molecule has 5 aliphatic heterocycles. The normalized spacial score (nSPS) is 20.4.